The molecule has 0 amide bonds. The zero-order chi connectivity index (χ0) is 15.0. The molecule has 3 nitrogen and oxygen atoms in total. The van der Waals surface area contributed by atoms with Crippen LogP contribution in [0.25, 0.3) is 0 Å². The molecule has 0 aromatic heterocycles. The fourth-order valence-electron chi connectivity index (χ4n) is 1.77. The molecule has 114 valence electrons. The third-order valence-electron chi connectivity index (χ3n) is 2.80. The molecule has 1 fully saturated rings. The predicted molar refractivity (Wildman–Crippen MR) is 71.6 cm³/mol. The van der Waals surface area contributed by atoms with Crippen LogP contribution in [0.4, 0.5) is 18.9 Å². The first-order chi connectivity index (χ1) is 9.49. The van der Waals surface area contributed by atoms with Crippen LogP contribution in [0.15, 0.2) is 18.2 Å². The van der Waals surface area contributed by atoms with Gasteiger partial charge in [-0.25, -0.2) is 0 Å². The second-order valence-corrected chi connectivity index (χ2v) is 4.38. The van der Waals surface area contributed by atoms with Gasteiger partial charge in [-0.15, -0.1) is 0 Å². The average molecular weight is 291 g/mol. The zero-order valence-corrected chi connectivity index (χ0v) is 11.5. The van der Waals surface area contributed by atoms with Gasteiger partial charge >= 0.3 is 6.18 Å². The smallest absolute Gasteiger partial charge is 0.392 e. The van der Waals surface area contributed by atoms with Crippen LogP contribution < -0.4 is 5.32 Å². The van der Waals surface area contributed by atoms with E-state index >= 15 is 0 Å². The lowest BCUT2D eigenvalue weighted by atomic mass is 10.1. The fraction of sp³-hybridized carbons (Fsp3) is 0.571. The number of aliphatic hydroxyl groups excluding tert-OH is 1. The van der Waals surface area contributed by atoms with E-state index in [0.717, 1.165) is 25.3 Å². The molecule has 0 atom stereocenters. The molecule has 1 aliphatic rings. The summed E-state index contributed by atoms with van der Waals surface area (Å²) in [6, 6.07) is 3.28. The van der Waals surface area contributed by atoms with Crippen molar-refractivity contribution < 1.29 is 23.0 Å². The van der Waals surface area contributed by atoms with E-state index in [1.54, 1.807) is 0 Å². The number of anilines is 1. The molecule has 0 radical (unpaired) electrons. The Morgan fingerprint density at radius 2 is 1.90 bits per heavy atom. The van der Waals surface area contributed by atoms with E-state index < -0.39 is 18.3 Å². The van der Waals surface area contributed by atoms with E-state index in [1.807, 2.05) is 6.92 Å². The summed E-state index contributed by atoms with van der Waals surface area (Å²) in [5.74, 6) is 0. The van der Waals surface area contributed by atoms with Crippen LogP contribution in [-0.2, 0) is 17.5 Å². The molecule has 20 heavy (non-hydrogen) atoms. The lowest BCUT2D eigenvalue weighted by molar-refractivity contribution is -0.137. The van der Waals surface area contributed by atoms with E-state index in [1.165, 1.54) is 18.9 Å². The summed E-state index contributed by atoms with van der Waals surface area (Å²) in [5.41, 5.74) is 0.0490. The normalized spacial score (nSPS) is 14.7. The van der Waals surface area contributed by atoms with Gasteiger partial charge in [-0.1, -0.05) is 0 Å². The van der Waals surface area contributed by atoms with E-state index in [9.17, 15) is 13.2 Å². The first-order valence-electron chi connectivity index (χ1n) is 6.61. The molecule has 0 bridgehead atoms. The van der Waals surface area contributed by atoms with Gasteiger partial charge < -0.3 is 15.2 Å². The van der Waals surface area contributed by atoms with Crippen molar-refractivity contribution in [2.75, 3.05) is 25.1 Å². The second kappa shape index (κ2) is 8.11. The number of aliphatic hydroxyl groups is 1. The van der Waals surface area contributed by atoms with E-state index in [0.29, 0.717) is 12.2 Å². The standard InChI is InChI=1S/C10H12F3NO.C4H8O/c1-2-14-9-4-3-8(10(11,12)13)5-7(9)6-15;1-2-4-5-3-1/h3-5,14-15H,2,6H2,1H3;1-4H2. The molecule has 0 aliphatic carbocycles. The van der Waals surface area contributed by atoms with E-state index in [-0.39, 0.29) is 5.56 Å². The Kier molecular flexibility index (Phi) is 6.81. The van der Waals surface area contributed by atoms with Crippen molar-refractivity contribution in [3.05, 3.63) is 29.3 Å². The van der Waals surface area contributed by atoms with Crippen LogP contribution in [0.3, 0.4) is 0 Å². The molecule has 1 heterocycles. The molecule has 1 aromatic rings. The minimum atomic E-state index is -4.37. The minimum Gasteiger partial charge on any atom is -0.392 e. The topological polar surface area (TPSA) is 41.5 Å². The lowest BCUT2D eigenvalue weighted by Gasteiger charge is -2.12. The maximum atomic E-state index is 12.3. The van der Waals surface area contributed by atoms with Gasteiger partial charge in [0.1, 0.15) is 0 Å². The highest BCUT2D eigenvalue weighted by Gasteiger charge is 2.30. The highest BCUT2D eigenvalue weighted by atomic mass is 19.4. The Balaban J connectivity index is 0.000000333. The third-order valence-corrected chi connectivity index (χ3v) is 2.80. The van der Waals surface area contributed by atoms with Gasteiger partial charge in [0.25, 0.3) is 0 Å². The molecular formula is C14H20F3NO2. The molecule has 0 saturated carbocycles. The molecule has 2 N–H and O–H groups in total. The number of hydrogen-bond donors (Lipinski definition) is 2. The van der Waals surface area contributed by atoms with Crippen molar-refractivity contribution in [2.24, 2.45) is 0 Å². The Morgan fingerprint density at radius 1 is 1.25 bits per heavy atom. The summed E-state index contributed by atoms with van der Waals surface area (Å²) in [6.45, 7) is 4.02. The first-order valence-corrected chi connectivity index (χ1v) is 6.61. The molecule has 1 aliphatic heterocycles. The average Bonchev–Trinajstić information content (AvgIpc) is 2.97. The molecular weight excluding hydrogens is 271 g/mol. The second-order valence-electron chi connectivity index (χ2n) is 4.38. The Hall–Kier alpha value is -1.27. The first kappa shape index (κ1) is 16.8. The van der Waals surface area contributed by atoms with Crippen LogP contribution in [0.5, 0.6) is 0 Å². The largest absolute Gasteiger partial charge is 0.416 e. The molecule has 0 spiro atoms. The zero-order valence-electron chi connectivity index (χ0n) is 11.5. The monoisotopic (exact) mass is 291 g/mol. The van der Waals surface area contributed by atoms with Crippen LogP contribution in [-0.4, -0.2) is 24.9 Å². The number of alkyl halides is 3. The Bertz CT molecular complexity index is 396. The maximum Gasteiger partial charge on any atom is 0.416 e. The van der Waals surface area contributed by atoms with Crippen LogP contribution in [0.1, 0.15) is 30.9 Å². The number of nitrogens with one attached hydrogen (secondary N) is 1. The summed E-state index contributed by atoms with van der Waals surface area (Å²) in [6.07, 6.45) is -1.81. The van der Waals surface area contributed by atoms with Crippen LogP contribution >= 0.6 is 0 Å². The molecule has 2 rings (SSSR count). The maximum absolute atomic E-state index is 12.3. The summed E-state index contributed by atoms with van der Waals surface area (Å²) in [4.78, 5) is 0. The summed E-state index contributed by atoms with van der Waals surface area (Å²) >= 11 is 0. The highest BCUT2D eigenvalue weighted by molar-refractivity contribution is 5.52. The van der Waals surface area contributed by atoms with Crippen molar-refractivity contribution in [1.82, 2.24) is 0 Å². The number of rotatable bonds is 3. The molecule has 1 aromatic carbocycles. The van der Waals surface area contributed by atoms with Crippen LogP contribution in [0, 0.1) is 0 Å². The highest BCUT2D eigenvalue weighted by Crippen LogP contribution is 2.31. The van der Waals surface area contributed by atoms with Gasteiger partial charge in [-0.2, -0.15) is 13.2 Å². The Morgan fingerprint density at radius 3 is 2.30 bits per heavy atom. The van der Waals surface area contributed by atoms with Crippen molar-refractivity contribution in [3.8, 4) is 0 Å². The van der Waals surface area contributed by atoms with Gasteiger partial charge in [0.2, 0.25) is 0 Å². The summed E-state index contributed by atoms with van der Waals surface area (Å²) < 4.78 is 41.9. The van der Waals surface area contributed by atoms with E-state index in [2.05, 4.69) is 5.32 Å². The van der Waals surface area contributed by atoms with Crippen molar-refractivity contribution in [3.63, 3.8) is 0 Å². The number of ether oxygens (including phenoxy) is 1. The number of halogens is 3. The minimum absolute atomic E-state index is 0.256. The third kappa shape index (κ3) is 5.38. The predicted octanol–water partition coefficient (Wildman–Crippen LogP) is 3.43. The quantitative estimate of drug-likeness (QED) is 0.896. The fourth-order valence-corrected chi connectivity index (χ4v) is 1.77. The van der Waals surface area contributed by atoms with Gasteiger partial charge in [-0.05, 0) is 38.0 Å². The van der Waals surface area contributed by atoms with Crippen LogP contribution in [0.2, 0.25) is 0 Å². The molecule has 6 heteroatoms. The molecule has 0 unspecified atom stereocenters. The van der Waals surface area contributed by atoms with Crippen molar-refractivity contribution in [2.45, 2.75) is 32.5 Å². The van der Waals surface area contributed by atoms with E-state index in [4.69, 9.17) is 9.84 Å². The van der Waals surface area contributed by atoms with Crippen molar-refractivity contribution in [1.29, 1.82) is 0 Å². The summed E-state index contributed by atoms with van der Waals surface area (Å²) in [5, 5.41) is 11.8. The van der Waals surface area contributed by atoms with Crippen molar-refractivity contribution >= 4 is 5.69 Å². The number of benzene rings is 1. The SMILES string of the molecule is C1CCOC1.CCNc1ccc(C(F)(F)F)cc1CO. The van der Waals surface area contributed by atoms with Gasteiger partial charge in [0, 0.05) is 31.0 Å². The summed E-state index contributed by atoms with van der Waals surface area (Å²) in [7, 11) is 0. The van der Waals surface area contributed by atoms with Gasteiger partial charge in [0.15, 0.2) is 0 Å². The number of hydrogen-bond acceptors (Lipinski definition) is 3. The Labute approximate surface area is 116 Å². The van der Waals surface area contributed by atoms with Gasteiger partial charge in [-0.3, -0.25) is 0 Å². The van der Waals surface area contributed by atoms with Gasteiger partial charge in [0.05, 0.1) is 12.2 Å². The molecule has 1 saturated heterocycles. The lowest BCUT2D eigenvalue weighted by Crippen LogP contribution is -2.08.